The maximum Gasteiger partial charge on any atom is 0.322 e. The van der Waals surface area contributed by atoms with Crippen molar-refractivity contribution < 1.29 is 29.6 Å². The molecular formula is C29H29N3O6. The summed E-state index contributed by atoms with van der Waals surface area (Å²) in [6.07, 6.45) is 3.76. The SMILES string of the molecule is O=C(O)CNC(=O)c1cccc2c3c([nH]c12)[C@H]1Oc2c(O)ccc4c2[C@@]12CCN(CC1CC1)[C@@H](C4)[C@]2(O)C3. The highest BCUT2D eigenvalue weighted by Crippen LogP contribution is 2.69. The van der Waals surface area contributed by atoms with Gasteiger partial charge in [0.05, 0.1) is 27.8 Å². The Bertz CT molecular complexity index is 1560. The van der Waals surface area contributed by atoms with Gasteiger partial charge < -0.3 is 30.4 Å². The van der Waals surface area contributed by atoms with Crippen LogP contribution in [0.1, 0.15) is 58.1 Å². The zero-order valence-corrected chi connectivity index (χ0v) is 20.8. The summed E-state index contributed by atoms with van der Waals surface area (Å²) in [5, 5.41) is 36.1. The van der Waals surface area contributed by atoms with Gasteiger partial charge >= 0.3 is 5.97 Å². The first kappa shape index (κ1) is 22.4. The number of rotatable bonds is 5. The summed E-state index contributed by atoms with van der Waals surface area (Å²) >= 11 is 0. The van der Waals surface area contributed by atoms with E-state index in [1.807, 2.05) is 12.1 Å². The molecule has 8 rings (SSSR count). The molecule has 2 aromatic carbocycles. The molecule has 38 heavy (non-hydrogen) atoms. The Hall–Kier alpha value is -3.56. The quantitative estimate of drug-likeness (QED) is 0.352. The highest BCUT2D eigenvalue weighted by molar-refractivity contribution is 6.07. The average molecular weight is 516 g/mol. The highest BCUT2D eigenvalue weighted by atomic mass is 16.5. The topological polar surface area (TPSA) is 135 Å². The number of aliphatic carboxylic acids is 1. The summed E-state index contributed by atoms with van der Waals surface area (Å²) in [6, 6.07) is 9.00. The number of nitrogens with zero attached hydrogens (tertiary/aromatic N) is 1. The summed E-state index contributed by atoms with van der Waals surface area (Å²) in [6.45, 7) is 1.37. The van der Waals surface area contributed by atoms with Crippen molar-refractivity contribution in [1.82, 2.24) is 15.2 Å². The Morgan fingerprint density at radius 2 is 2.05 bits per heavy atom. The minimum atomic E-state index is -1.11. The zero-order chi connectivity index (χ0) is 26.0. The molecule has 2 bridgehead atoms. The molecule has 1 saturated heterocycles. The van der Waals surface area contributed by atoms with Crippen molar-refractivity contribution in [3.63, 3.8) is 0 Å². The number of carboxylic acids is 1. The molecule has 1 saturated carbocycles. The number of amides is 1. The maximum absolute atomic E-state index is 12.9. The lowest BCUT2D eigenvalue weighted by Gasteiger charge is -2.62. The highest BCUT2D eigenvalue weighted by Gasteiger charge is 2.72. The molecule has 0 radical (unpaired) electrons. The van der Waals surface area contributed by atoms with Crippen molar-refractivity contribution >= 4 is 22.8 Å². The van der Waals surface area contributed by atoms with Gasteiger partial charge in [0, 0.05) is 30.0 Å². The lowest BCUT2D eigenvalue weighted by molar-refractivity contribution is -0.173. The van der Waals surface area contributed by atoms with Gasteiger partial charge in [0.2, 0.25) is 0 Å². The number of carbonyl (C=O) groups excluding carboxylic acids is 1. The van der Waals surface area contributed by atoms with Gasteiger partial charge in [-0.2, -0.15) is 0 Å². The van der Waals surface area contributed by atoms with Crippen LogP contribution in [0.5, 0.6) is 11.5 Å². The molecule has 196 valence electrons. The fourth-order valence-corrected chi connectivity index (χ4v) is 8.09. The third-order valence-electron chi connectivity index (χ3n) is 9.84. The lowest BCUT2D eigenvalue weighted by atomic mass is 9.49. The van der Waals surface area contributed by atoms with Crippen LogP contribution in [0, 0.1) is 5.92 Å². The van der Waals surface area contributed by atoms with E-state index in [0.717, 1.165) is 40.9 Å². The molecule has 4 atom stereocenters. The Kier molecular flexibility index (Phi) is 4.31. The Balaban J connectivity index is 1.33. The number of aliphatic hydroxyl groups is 1. The number of benzene rings is 2. The van der Waals surface area contributed by atoms with Crippen LogP contribution < -0.4 is 10.1 Å². The standard InChI is InChI=1S/C29H29N3O6/c33-19-7-6-15-10-20-29(37)11-18-16-2-1-3-17(27(36)30-12-21(34)35)23(16)31-24(18)26-28(29,22(15)25(19)38-26)8-9-32(20)13-14-4-5-14/h1-3,6-7,14,20,26,31,33,37H,4-5,8-13H2,(H,30,36)(H,34,35)/t20-,26+,28-,29+/m0/s1. The van der Waals surface area contributed by atoms with E-state index in [1.165, 1.54) is 12.8 Å². The van der Waals surface area contributed by atoms with Gasteiger partial charge in [0.1, 0.15) is 6.54 Å². The van der Waals surface area contributed by atoms with Gasteiger partial charge in [-0.05, 0) is 61.4 Å². The number of phenols is 1. The number of aromatic hydroxyl groups is 1. The molecule has 5 N–H and O–H groups in total. The van der Waals surface area contributed by atoms with E-state index in [2.05, 4.69) is 15.2 Å². The van der Waals surface area contributed by atoms with E-state index < -0.39 is 35.5 Å². The maximum atomic E-state index is 12.9. The van der Waals surface area contributed by atoms with Crippen LogP contribution in [0.15, 0.2) is 30.3 Å². The molecule has 2 aliphatic heterocycles. The number of nitrogens with one attached hydrogen (secondary N) is 2. The number of hydrogen-bond acceptors (Lipinski definition) is 6. The Morgan fingerprint density at radius 1 is 1.21 bits per heavy atom. The van der Waals surface area contributed by atoms with Crippen molar-refractivity contribution in [3.05, 3.63) is 58.3 Å². The molecule has 9 heteroatoms. The van der Waals surface area contributed by atoms with Crippen LogP contribution in [0.25, 0.3) is 10.9 Å². The Morgan fingerprint density at radius 3 is 2.84 bits per heavy atom. The van der Waals surface area contributed by atoms with E-state index in [0.29, 0.717) is 42.0 Å². The molecule has 1 aromatic heterocycles. The van der Waals surface area contributed by atoms with Crippen molar-refractivity contribution in [3.8, 4) is 11.5 Å². The predicted molar refractivity (Wildman–Crippen MR) is 136 cm³/mol. The Labute approximate surface area is 218 Å². The molecule has 5 aliphatic rings. The van der Waals surface area contributed by atoms with Gasteiger partial charge in [-0.1, -0.05) is 18.2 Å². The number of H-pyrrole nitrogens is 1. The summed E-state index contributed by atoms with van der Waals surface area (Å²) in [7, 11) is 0. The second-order valence-corrected chi connectivity index (χ2v) is 11.7. The van der Waals surface area contributed by atoms with Gasteiger partial charge in [0.25, 0.3) is 5.91 Å². The summed E-state index contributed by atoms with van der Waals surface area (Å²) in [5.41, 5.74) is 2.95. The van der Waals surface area contributed by atoms with Crippen LogP contribution in [-0.4, -0.2) is 68.4 Å². The van der Waals surface area contributed by atoms with Gasteiger partial charge in [0.15, 0.2) is 17.6 Å². The van der Waals surface area contributed by atoms with E-state index in [9.17, 15) is 19.8 Å². The molecule has 3 aliphatic carbocycles. The number of hydrogen-bond donors (Lipinski definition) is 5. The summed E-state index contributed by atoms with van der Waals surface area (Å²) in [4.78, 5) is 29.9. The van der Waals surface area contributed by atoms with Gasteiger partial charge in [-0.15, -0.1) is 0 Å². The second kappa shape index (κ2) is 7.30. The number of phenolic OH excluding ortho intramolecular Hbond substituents is 1. The number of ether oxygens (including phenoxy) is 1. The molecule has 2 fully saturated rings. The zero-order valence-electron chi connectivity index (χ0n) is 20.8. The number of carboxylic acid groups (broad SMARTS) is 1. The van der Waals surface area contributed by atoms with Crippen LogP contribution in [0.2, 0.25) is 0 Å². The first-order chi connectivity index (χ1) is 18.3. The van der Waals surface area contributed by atoms with Crippen molar-refractivity contribution in [2.75, 3.05) is 19.6 Å². The van der Waals surface area contributed by atoms with Crippen molar-refractivity contribution in [2.45, 2.75) is 55.3 Å². The summed E-state index contributed by atoms with van der Waals surface area (Å²) in [5.74, 6) is -0.349. The average Bonchev–Trinajstić information content (AvgIpc) is 3.53. The number of aromatic amines is 1. The number of piperidine rings is 1. The summed E-state index contributed by atoms with van der Waals surface area (Å²) < 4.78 is 6.60. The fourth-order valence-electron chi connectivity index (χ4n) is 8.09. The van der Waals surface area contributed by atoms with Crippen LogP contribution in [0.4, 0.5) is 0 Å². The van der Waals surface area contributed by atoms with E-state index >= 15 is 0 Å². The minimum Gasteiger partial charge on any atom is -0.504 e. The van der Waals surface area contributed by atoms with E-state index in [4.69, 9.17) is 9.84 Å². The fraction of sp³-hybridized carbons (Fsp3) is 0.448. The smallest absolute Gasteiger partial charge is 0.322 e. The van der Waals surface area contributed by atoms with Gasteiger partial charge in [-0.3, -0.25) is 14.5 Å². The second-order valence-electron chi connectivity index (χ2n) is 11.7. The number of likely N-dealkylation sites (tertiary alicyclic amines) is 1. The predicted octanol–water partition coefficient (Wildman–Crippen LogP) is 2.39. The van der Waals surface area contributed by atoms with E-state index in [1.54, 1.807) is 18.2 Å². The van der Waals surface area contributed by atoms with E-state index in [-0.39, 0.29) is 11.8 Å². The molecular weight excluding hydrogens is 486 g/mol. The molecule has 3 aromatic rings. The molecule has 1 amide bonds. The number of fused-ring (bicyclic) bond motifs is 4. The molecule has 9 nitrogen and oxygen atoms in total. The third-order valence-corrected chi connectivity index (χ3v) is 9.84. The molecule has 0 unspecified atom stereocenters. The number of carbonyl (C=O) groups is 2. The largest absolute Gasteiger partial charge is 0.504 e. The van der Waals surface area contributed by atoms with Crippen molar-refractivity contribution in [1.29, 1.82) is 0 Å². The third kappa shape index (κ3) is 2.68. The molecule has 1 spiro atoms. The first-order valence-electron chi connectivity index (χ1n) is 13.4. The van der Waals surface area contributed by atoms with Crippen LogP contribution in [-0.2, 0) is 23.1 Å². The van der Waals surface area contributed by atoms with Crippen LogP contribution >= 0.6 is 0 Å². The number of aromatic nitrogens is 1. The normalized spacial score (nSPS) is 30.4. The number of para-hydroxylation sites is 1. The first-order valence-corrected chi connectivity index (χ1v) is 13.4. The lowest BCUT2D eigenvalue weighted by Crippen LogP contribution is -2.74. The minimum absolute atomic E-state index is 0.0777. The van der Waals surface area contributed by atoms with Crippen molar-refractivity contribution in [2.24, 2.45) is 5.92 Å². The van der Waals surface area contributed by atoms with Gasteiger partial charge in [-0.25, -0.2) is 0 Å². The monoisotopic (exact) mass is 515 g/mol. The molecule has 3 heterocycles. The van der Waals surface area contributed by atoms with Crippen LogP contribution in [0.3, 0.4) is 0 Å².